The van der Waals surface area contributed by atoms with Crippen molar-refractivity contribution in [3.8, 4) is 0 Å². The molecule has 2 aromatic rings. The number of amides is 2. The number of pyridine rings is 1. The molecule has 29 heavy (non-hydrogen) atoms. The third-order valence-electron chi connectivity index (χ3n) is 4.56. The summed E-state index contributed by atoms with van der Waals surface area (Å²) >= 11 is 0. The zero-order valence-corrected chi connectivity index (χ0v) is 16.6. The molecule has 0 bridgehead atoms. The number of carbonyl (C=O) groups is 2. The second-order valence-corrected chi connectivity index (χ2v) is 9.00. The quantitative estimate of drug-likeness (QED) is 0.732. The van der Waals surface area contributed by atoms with E-state index in [9.17, 15) is 23.1 Å². The fourth-order valence-corrected chi connectivity index (χ4v) is 4.15. The van der Waals surface area contributed by atoms with Crippen LogP contribution in [0, 0.1) is 5.82 Å². The highest BCUT2D eigenvalue weighted by molar-refractivity contribution is 8.24. The molecule has 1 fully saturated rings. The van der Waals surface area contributed by atoms with Crippen LogP contribution in [0.5, 0.6) is 0 Å². The Balaban J connectivity index is 1.84. The van der Waals surface area contributed by atoms with E-state index in [1.54, 1.807) is 18.2 Å². The molecule has 0 radical (unpaired) electrons. The van der Waals surface area contributed by atoms with Crippen LogP contribution in [0.25, 0.3) is 0 Å². The summed E-state index contributed by atoms with van der Waals surface area (Å²) in [7, 11) is -1.38. The maximum absolute atomic E-state index is 13.8. The van der Waals surface area contributed by atoms with Crippen molar-refractivity contribution in [3.05, 3.63) is 59.7 Å². The normalized spacial score (nSPS) is 16.8. The number of ether oxygens (including phenoxy) is 1. The average molecular weight is 423 g/mol. The maximum Gasteiger partial charge on any atom is 0.339 e. The van der Waals surface area contributed by atoms with Gasteiger partial charge in [-0.2, -0.15) is 10.6 Å². The lowest BCUT2D eigenvalue weighted by Crippen LogP contribution is -2.48. The molecule has 10 heteroatoms. The second-order valence-electron chi connectivity index (χ2n) is 6.58. The van der Waals surface area contributed by atoms with Crippen molar-refractivity contribution in [1.29, 1.82) is 0 Å². The minimum Gasteiger partial charge on any atom is -0.465 e. The lowest BCUT2D eigenvalue weighted by Gasteiger charge is -2.42. The lowest BCUT2D eigenvalue weighted by atomic mass is 10.2. The molecule has 2 heterocycles. The molecule has 0 saturated carbocycles. The topological polar surface area (TPSA) is 103 Å². The number of aromatic nitrogens is 1. The van der Waals surface area contributed by atoms with Gasteiger partial charge in [-0.05, 0) is 30.3 Å². The van der Waals surface area contributed by atoms with Crippen molar-refractivity contribution >= 4 is 28.3 Å². The Morgan fingerprint density at radius 1 is 1.24 bits per heavy atom. The van der Waals surface area contributed by atoms with Crippen LogP contribution >= 0.6 is 10.6 Å². The first-order chi connectivity index (χ1) is 13.8. The van der Waals surface area contributed by atoms with Gasteiger partial charge in [0.1, 0.15) is 5.82 Å². The molecule has 3 rings (SSSR count). The number of rotatable bonds is 4. The number of urea groups is 1. The summed E-state index contributed by atoms with van der Waals surface area (Å²) in [5, 5.41) is 0. The summed E-state index contributed by atoms with van der Waals surface area (Å²) in [5.74, 6) is -0.777. The molecule has 0 aliphatic carbocycles. The van der Waals surface area contributed by atoms with E-state index < -0.39 is 22.4 Å². The molecule has 1 aromatic carbocycles. The smallest absolute Gasteiger partial charge is 0.339 e. The molecule has 0 unspecified atom stereocenters. The molecule has 8 nitrogen and oxygen atoms in total. The monoisotopic (exact) mass is 423 g/mol. The van der Waals surface area contributed by atoms with Gasteiger partial charge in [-0.1, -0.05) is 6.07 Å². The van der Waals surface area contributed by atoms with Crippen molar-refractivity contribution in [3.63, 3.8) is 0 Å². The van der Waals surface area contributed by atoms with Gasteiger partial charge >= 0.3 is 12.0 Å². The fourth-order valence-electron chi connectivity index (χ4n) is 2.92. The van der Waals surface area contributed by atoms with Crippen LogP contribution in [0.2, 0.25) is 0 Å². The fraction of sp³-hybridized carbons (Fsp3) is 0.316. The Labute approximate surface area is 169 Å². The van der Waals surface area contributed by atoms with Gasteiger partial charge in [-0.3, -0.25) is 19.0 Å². The van der Waals surface area contributed by atoms with Crippen LogP contribution < -0.4 is 4.90 Å². The van der Waals surface area contributed by atoms with Gasteiger partial charge < -0.3 is 9.64 Å². The summed E-state index contributed by atoms with van der Waals surface area (Å²) < 4.78 is 38.0. The summed E-state index contributed by atoms with van der Waals surface area (Å²) in [5.41, 5.74) is 1.13. The second kappa shape index (κ2) is 8.76. The molecule has 2 N–H and O–H groups in total. The zero-order chi connectivity index (χ0) is 21.0. The molecule has 0 atom stereocenters. The molecule has 1 saturated heterocycles. The van der Waals surface area contributed by atoms with Gasteiger partial charge in [0, 0.05) is 25.0 Å². The van der Waals surface area contributed by atoms with Gasteiger partial charge in [0.2, 0.25) is 0 Å². The highest BCUT2D eigenvalue weighted by Crippen LogP contribution is 2.40. The number of anilines is 1. The summed E-state index contributed by atoms with van der Waals surface area (Å²) in [6, 6.07) is 8.40. The molecular formula is C19H22FN3O5S. The van der Waals surface area contributed by atoms with Crippen LogP contribution in [0.1, 0.15) is 16.1 Å². The standard InChI is InChI=1S/C19H22FN3O5S/c1-28-18(24)14-5-6-16(21-12-14)13-23(17-4-2-3-15(20)11-17)19(25)22-7-9-29(26,27)10-8-22/h2-6,11-12,26-27H,7-10,13H2,1H3. The molecule has 1 aromatic heterocycles. The number of nitrogens with zero attached hydrogens (tertiary/aromatic N) is 3. The van der Waals surface area contributed by atoms with E-state index >= 15 is 0 Å². The summed E-state index contributed by atoms with van der Waals surface area (Å²) in [6.07, 6.45) is 1.35. The Bertz CT molecular complexity index is 884. The number of hydrogen-bond acceptors (Lipinski definition) is 6. The van der Waals surface area contributed by atoms with E-state index in [1.807, 2.05) is 0 Å². The van der Waals surface area contributed by atoms with E-state index in [0.717, 1.165) is 0 Å². The van der Waals surface area contributed by atoms with Crippen LogP contribution in [0.15, 0.2) is 42.6 Å². The first kappa shape index (κ1) is 21.0. The molecule has 1 aliphatic rings. The Morgan fingerprint density at radius 2 is 1.97 bits per heavy atom. The summed E-state index contributed by atoms with van der Waals surface area (Å²) in [6.45, 7) is 0.444. The average Bonchev–Trinajstić information content (AvgIpc) is 2.71. The third-order valence-corrected chi connectivity index (χ3v) is 6.24. The minimum absolute atomic E-state index is 0.0521. The number of halogens is 1. The maximum atomic E-state index is 13.8. The predicted molar refractivity (Wildman–Crippen MR) is 108 cm³/mol. The van der Waals surface area contributed by atoms with Gasteiger partial charge in [-0.15, -0.1) is 0 Å². The molecular weight excluding hydrogens is 401 g/mol. The number of esters is 1. The van der Waals surface area contributed by atoms with E-state index in [1.165, 1.54) is 41.3 Å². The largest absolute Gasteiger partial charge is 0.465 e. The Morgan fingerprint density at radius 3 is 2.55 bits per heavy atom. The molecule has 0 spiro atoms. The number of carbonyl (C=O) groups excluding carboxylic acids is 2. The first-order valence-electron chi connectivity index (χ1n) is 8.88. The van der Waals surface area contributed by atoms with Crippen molar-refractivity contribution in [2.45, 2.75) is 6.54 Å². The van der Waals surface area contributed by atoms with Crippen LogP contribution in [-0.2, 0) is 11.3 Å². The molecule has 1 aliphatic heterocycles. The number of methoxy groups -OCH3 is 1. The Hall–Kier alpha value is -2.69. The van der Waals surface area contributed by atoms with Crippen LogP contribution in [0.3, 0.4) is 0 Å². The van der Waals surface area contributed by atoms with Crippen LogP contribution in [-0.4, -0.2) is 62.7 Å². The third kappa shape index (κ3) is 5.22. The van der Waals surface area contributed by atoms with E-state index in [2.05, 4.69) is 9.72 Å². The van der Waals surface area contributed by atoms with Crippen LogP contribution in [0.4, 0.5) is 14.9 Å². The van der Waals surface area contributed by atoms with Crippen molar-refractivity contribution in [2.75, 3.05) is 36.6 Å². The highest BCUT2D eigenvalue weighted by atomic mass is 32.3. The zero-order valence-electron chi connectivity index (χ0n) is 15.8. The van der Waals surface area contributed by atoms with Gasteiger partial charge in [0.05, 0.1) is 36.4 Å². The molecule has 2 amide bonds. The van der Waals surface area contributed by atoms with Gasteiger partial charge in [-0.25, -0.2) is 14.0 Å². The number of benzene rings is 1. The van der Waals surface area contributed by atoms with Crippen molar-refractivity contribution in [1.82, 2.24) is 9.88 Å². The lowest BCUT2D eigenvalue weighted by molar-refractivity contribution is 0.0600. The highest BCUT2D eigenvalue weighted by Gasteiger charge is 2.29. The minimum atomic E-state index is -2.65. The first-order valence-corrected chi connectivity index (χ1v) is 10.8. The summed E-state index contributed by atoms with van der Waals surface area (Å²) in [4.78, 5) is 31.8. The SMILES string of the molecule is COC(=O)c1ccc(CN(C(=O)N2CCS(O)(O)CC2)c2cccc(F)c2)nc1. The van der Waals surface area contributed by atoms with E-state index in [4.69, 9.17) is 0 Å². The molecule has 156 valence electrons. The Kier molecular flexibility index (Phi) is 6.36. The van der Waals surface area contributed by atoms with Crippen molar-refractivity contribution in [2.24, 2.45) is 0 Å². The van der Waals surface area contributed by atoms with Gasteiger partial charge in [0.15, 0.2) is 0 Å². The predicted octanol–water partition coefficient (Wildman–Crippen LogP) is 3.20. The van der Waals surface area contributed by atoms with E-state index in [-0.39, 0.29) is 42.7 Å². The van der Waals surface area contributed by atoms with E-state index in [0.29, 0.717) is 11.4 Å². The van der Waals surface area contributed by atoms with Gasteiger partial charge in [0.25, 0.3) is 0 Å². The number of hydrogen-bond donors (Lipinski definition) is 2. The van der Waals surface area contributed by atoms with Crippen molar-refractivity contribution < 1.29 is 27.8 Å².